The van der Waals surface area contributed by atoms with Crippen molar-refractivity contribution >= 4 is 114 Å². The van der Waals surface area contributed by atoms with Crippen molar-refractivity contribution in [3.8, 4) is 44.6 Å². The zero-order chi connectivity index (χ0) is 92.8. The highest BCUT2D eigenvalue weighted by molar-refractivity contribution is 9.10. The number of nitrogens with one attached hydrogen (secondary N) is 1. The SMILES string of the molecule is CC1C(=O)N(C)C(N)=N[C@]1(C)c1cnn(-c2cccc(Br)c2)c1.CN1C(=O)C(C)(C)[C@@](C)(c2cc(-c3cccc(Br)c3)nn2C)N=C1N.CN1C(=O)C[C@@H](c2cccc(-c3cccnc3)c2)N=C1N.Cc1cc([C@]2(C)CC(=O)N(C)C(N)=N2)sc1-c1cncc(C#N)c1.NC1=NC(c2ccccc2)(c2ccccc2)C(=O)N1Cc1cccc(NC(=O)c2ccc(F)cc2)c1. The van der Waals surface area contributed by atoms with E-state index in [4.69, 9.17) is 38.9 Å². The molecule has 7 aromatic carbocycles. The second-order valence-electron chi connectivity index (χ2n) is 32.5. The summed E-state index contributed by atoms with van der Waals surface area (Å²) in [7, 11) is 8.43. The Kier molecular flexibility index (Phi) is 27.1. The summed E-state index contributed by atoms with van der Waals surface area (Å²) in [5, 5.41) is 20.9. The number of halogens is 3. The first kappa shape index (κ1) is 92.2. The van der Waals surface area contributed by atoms with E-state index < -0.39 is 33.4 Å². The maximum Gasteiger partial charge on any atom is 0.266 e. The third kappa shape index (κ3) is 19.3. The van der Waals surface area contributed by atoms with E-state index in [1.165, 1.54) is 55.0 Å². The van der Waals surface area contributed by atoms with Crippen LogP contribution < -0.4 is 34.0 Å². The van der Waals surface area contributed by atoms with Crippen molar-refractivity contribution in [3.63, 3.8) is 0 Å². The predicted octanol–water partition coefficient (Wildman–Crippen LogP) is 14.2. The molecule has 0 fully saturated rings. The molecule has 5 aliphatic rings. The molecule has 33 heteroatoms. The normalized spacial score (nSPS) is 19.7. The second kappa shape index (κ2) is 38.0. The first-order valence-electron chi connectivity index (χ1n) is 40.9. The van der Waals surface area contributed by atoms with Gasteiger partial charge in [-0.3, -0.25) is 67.9 Å². The van der Waals surface area contributed by atoms with Gasteiger partial charge in [0, 0.05) is 113 Å². The summed E-state index contributed by atoms with van der Waals surface area (Å²) in [6, 6.07) is 66.6. The number of carbonyl (C=O) groups excluding carboxylic acids is 6. The zero-order valence-electron chi connectivity index (χ0n) is 72.9. The number of rotatable bonds is 14. The van der Waals surface area contributed by atoms with Gasteiger partial charge in [-0.2, -0.15) is 15.5 Å². The Bertz CT molecular complexity index is 6450. The van der Waals surface area contributed by atoms with E-state index in [2.05, 4.69) is 83.4 Å². The van der Waals surface area contributed by atoms with Gasteiger partial charge in [-0.05, 0) is 178 Å². The molecule has 129 heavy (non-hydrogen) atoms. The third-order valence-corrected chi connectivity index (χ3v) is 26.2. The highest BCUT2D eigenvalue weighted by Gasteiger charge is 2.55. The number of benzene rings is 7. The second-order valence-corrected chi connectivity index (χ2v) is 35.4. The van der Waals surface area contributed by atoms with Gasteiger partial charge in [0.05, 0.1) is 65.6 Å². The number of hydrogen-bond acceptors (Lipinski definition) is 22. The lowest BCUT2D eigenvalue weighted by atomic mass is 9.69. The number of anilines is 1. The standard InChI is InChI=1S/C29H23FN4O2.C18H22BrN5O.C17H17N5OS.C16H18BrN5O.C16H16N4O/c30-24-16-14-21(15-17-24)26(35)32-25-13-7-8-20(18-25)19-34-27(36)29(33-28(34)31,22-9-3-1-4-10-22)23-11-5-2-6-12-23;1-17(2)15(25)23(4)16(20)21-18(17,3)14-10-13(22-24(14)5)11-7-6-8-12(19)9-11;1-10-4-13(17(2)6-14(23)22(3)16(19)21-17)24-15(10)12-5-11(7-18)8-20-9-12;1-10-14(23)21(3)15(18)20-16(10,2)11-8-19-22(9-11)13-6-4-5-12(17)7-13;1-20-15(21)9-14(19-16(20)17)12-5-2-4-11(8-12)13-6-3-7-18-10-13/h1-18H,19H2,(H2,31,33)(H,32,35);6-10H,1-5H3,(H2,20,21);4-5,8-9H,6H2,1-3H3,(H2,19,21);4-10H,1-3H3,(H2,18,20);2-8,10,14H,9H2,1H3,(H2,17,19)/t;18-;17-;10?,16-;14-/m.1000/s1. The van der Waals surface area contributed by atoms with Crippen LogP contribution in [0.1, 0.15) is 120 Å². The Morgan fingerprint density at radius 1 is 0.589 bits per heavy atom. The molecule has 5 aromatic heterocycles. The van der Waals surface area contributed by atoms with Crippen molar-refractivity contribution < 1.29 is 33.2 Å². The number of aryl methyl sites for hydroxylation is 2. The van der Waals surface area contributed by atoms with Crippen LogP contribution in [0.4, 0.5) is 10.1 Å². The Balaban J connectivity index is 0.000000140. The van der Waals surface area contributed by atoms with Crippen molar-refractivity contribution in [1.29, 1.82) is 5.26 Å². The summed E-state index contributed by atoms with van der Waals surface area (Å²) in [4.78, 5) is 116. The van der Waals surface area contributed by atoms with Crippen LogP contribution in [0, 0.1) is 35.4 Å². The number of aliphatic imine (C=N–C) groups is 5. The highest BCUT2D eigenvalue weighted by Crippen LogP contribution is 2.49. The number of hydrogen-bond donors (Lipinski definition) is 6. The van der Waals surface area contributed by atoms with E-state index >= 15 is 0 Å². The molecule has 0 saturated carbocycles. The van der Waals surface area contributed by atoms with Crippen molar-refractivity contribution in [2.75, 3.05) is 33.5 Å². The quantitative estimate of drug-likeness (QED) is 0.0589. The molecule has 658 valence electrons. The van der Waals surface area contributed by atoms with Crippen molar-refractivity contribution in [2.45, 2.75) is 96.1 Å². The Hall–Kier alpha value is -14.5. The number of carbonyl (C=O) groups is 6. The number of nitriles is 1. The Morgan fingerprint density at radius 2 is 1.22 bits per heavy atom. The van der Waals surface area contributed by atoms with E-state index in [1.54, 1.807) is 85.7 Å². The molecular formula is C96H96Br2FN23O6S. The maximum absolute atomic E-state index is 13.9. The predicted molar refractivity (Wildman–Crippen MR) is 505 cm³/mol. The van der Waals surface area contributed by atoms with Crippen LogP contribution in [0.25, 0.3) is 38.5 Å². The summed E-state index contributed by atoms with van der Waals surface area (Å²) in [5.41, 5.74) is 38.8. The molecule has 0 spiro atoms. The summed E-state index contributed by atoms with van der Waals surface area (Å²) < 4.78 is 18.7. The fourth-order valence-electron chi connectivity index (χ4n) is 15.4. The van der Waals surface area contributed by atoms with E-state index in [9.17, 15) is 33.2 Å². The molecule has 11 N–H and O–H groups in total. The number of aromatic nitrogens is 6. The molecule has 6 amide bonds. The Morgan fingerprint density at radius 3 is 1.87 bits per heavy atom. The van der Waals surface area contributed by atoms with Crippen molar-refractivity contribution in [3.05, 3.63) is 319 Å². The lowest BCUT2D eigenvalue weighted by Crippen LogP contribution is -2.58. The number of nitrogens with two attached hydrogens (primary N) is 5. The number of guanidine groups is 5. The van der Waals surface area contributed by atoms with Crippen LogP contribution in [0.5, 0.6) is 0 Å². The molecule has 0 saturated heterocycles. The molecular weight excluding hydrogens is 1780 g/mol. The lowest BCUT2D eigenvalue weighted by Gasteiger charge is -2.45. The molecule has 29 nitrogen and oxygen atoms in total. The lowest BCUT2D eigenvalue weighted by molar-refractivity contribution is -0.140. The van der Waals surface area contributed by atoms with Gasteiger partial charge in [-0.1, -0.05) is 154 Å². The van der Waals surface area contributed by atoms with Crippen LogP contribution >= 0.6 is 43.2 Å². The van der Waals surface area contributed by atoms with Crippen LogP contribution in [0.15, 0.2) is 283 Å². The van der Waals surface area contributed by atoms with Gasteiger partial charge in [0.25, 0.3) is 11.8 Å². The average Bonchev–Trinajstić information content (AvgIpc) is 1.61. The maximum atomic E-state index is 13.9. The highest BCUT2D eigenvalue weighted by atomic mass is 79.9. The number of amides is 6. The van der Waals surface area contributed by atoms with E-state index in [1.807, 2.05) is 238 Å². The summed E-state index contributed by atoms with van der Waals surface area (Å²) in [5.74, 6) is -0.456. The zero-order valence-corrected chi connectivity index (χ0v) is 76.9. The van der Waals surface area contributed by atoms with Crippen LogP contribution in [0.3, 0.4) is 0 Å². The fourth-order valence-corrected chi connectivity index (χ4v) is 17.5. The minimum absolute atomic E-state index is 0.0146. The van der Waals surface area contributed by atoms with Gasteiger partial charge in [-0.25, -0.2) is 34.0 Å². The van der Waals surface area contributed by atoms with E-state index in [-0.39, 0.29) is 90.2 Å². The molecule has 0 bridgehead atoms. The van der Waals surface area contributed by atoms with Gasteiger partial charge < -0.3 is 34.0 Å². The third-order valence-electron chi connectivity index (χ3n) is 23.6. The van der Waals surface area contributed by atoms with Crippen LogP contribution in [-0.4, -0.2) is 147 Å². The molecule has 10 heterocycles. The number of nitrogens with zero attached hydrogens (tertiary/aromatic N) is 17. The van der Waals surface area contributed by atoms with Crippen LogP contribution in [0.2, 0.25) is 0 Å². The molecule has 12 aromatic rings. The molecule has 0 aliphatic carbocycles. The largest absolute Gasteiger partial charge is 0.369 e. The average molecular weight is 1880 g/mol. The molecule has 17 rings (SSSR count). The van der Waals surface area contributed by atoms with Gasteiger partial charge in [-0.15, -0.1) is 11.3 Å². The molecule has 1 unspecified atom stereocenters. The molecule has 0 radical (unpaired) electrons. The topological polar surface area (TPSA) is 408 Å². The first-order valence-corrected chi connectivity index (χ1v) is 43.3. The van der Waals surface area contributed by atoms with E-state index in [0.717, 1.165) is 91.4 Å². The summed E-state index contributed by atoms with van der Waals surface area (Å²) in [6.45, 7) is 13.6. The van der Waals surface area contributed by atoms with Gasteiger partial charge in [0.15, 0.2) is 35.3 Å². The van der Waals surface area contributed by atoms with Crippen LogP contribution in [-0.2, 0) is 59.7 Å². The van der Waals surface area contributed by atoms with Gasteiger partial charge in [0.1, 0.15) is 28.5 Å². The summed E-state index contributed by atoms with van der Waals surface area (Å²) in [6.07, 6.45) is 11.1. The van der Waals surface area contributed by atoms with Gasteiger partial charge in [0.2, 0.25) is 23.6 Å². The Labute approximate surface area is 767 Å². The van der Waals surface area contributed by atoms with Gasteiger partial charge >= 0.3 is 0 Å². The first-order chi connectivity index (χ1) is 61.4. The van der Waals surface area contributed by atoms with E-state index in [0.29, 0.717) is 23.2 Å². The smallest absolute Gasteiger partial charge is 0.266 e. The fraction of sp³-hybridized carbons (Fsp3) is 0.229. The molecule has 5 aliphatic heterocycles. The summed E-state index contributed by atoms with van der Waals surface area (Å²) >= 11 is 8.50. The minimum Gasteiger partial charge on any atom is -0.369 e. The monoisotopic (exact) mass is 1880 g/mol. The number of thiophene rings is 1. The van der Waals surface area contributed by atoms with Crippen molar-refractivity contribution in [2.24, 2.45) is 72.0 Å². The minimum atomic E-state index is -1.28. The number of pyridine rings is 2. The van der Waals surface area contributed by atoms with Crippen molar-refractivity contribution in [1.82, 2.24) is 54.0 Å². The molecule has 5 atom stereocenters.